The predicted molar refractivity (Wildman–Crippen MR) is 125 cm³/mol. The SMILES string of the molecule is CC(C[CH]C(=O)NC(Cc1ccc(CCC(C)(C)C)cc1)C(=O)NC(C)(C)C)C(N)=O. The van der Waals surface area contributed by atoms with Gasteiger partial charge < -0.3 is 16.4 Å². The molecule has 1 rings (SSSR count). The lowest BCUT2D eigenvalue weighted by Crippen LogP contribution is -2.53. The Morgan fingerprint density at radius 2 is 1.55 bits per heavy atom. The van der Waals surface area contributed by atoms with Gasteiger partial charge in [0.1, 0.15) is 6.04 Å². The Labute approximate surface area is 187 Å². The van der Waals surface area contributed by atoms with Gasteiger partial charge >= 0.3 is 0 Å². The van der Waals surface area contributed by atoms with Gasteiger partial charge in [-0.2, -0.15) is 0 Å². The summed E-state index contributed by atoms with van der Waals surface area (Å²) in [6.07, 6.45) is 4.09. The van der Waals surface area contributed by atoms with Crippen LogP contribution in [0.4, 0.5) is 0 Å². The number of nitrogens with two attached hydrogens (primary N) is 1. The molecule has 1 radical (unpaired) electrons. The van der Waals surface area contributed by atoms with Crippen LogP contribution in [0.15, 0.2) is 24.3 Å². The quantitative estimate of drug-likeness (QED) is 0.531. The monoisotopic (exact) mass is 430 g/mol. The van der Waals surface area contributed by atoms with Crippen molar-refractivity contribution in [1.29, 1.82) is 0 Å². The van der Waals surface area contributed by atoms with E-state index in [1.807, 2.05) is 32.9 Å². The summed E-state index contributed by atoms with van der Waals surface area (Å²) in [5.41, 5.74) is 7.34. The van der Waals surface area contributed by atoms with Gasteiger partial charge in [0.25, 0.3) is 0 Å². The molecule has 0 fully saturated rings. The number of rotatable bonds is 10. The second-order valence-electron chi connectivity index (χ2n) is 10.6. The van der Waals surface area contributed by atoms with Crippen LogP contribution in [-0.4, -0.2) is 29.3 Å². The summed E-state index contributed by atoms with van der Waals surface area (Å²) >= 11 is 0. The number of benzene rings is 1. The van der Waals surface area contributed by atoms with Crippen molar-refractivity contribution >= 4 is 17.7 Å². The largest absolute Gasteiger partial charge is 0.369 e. The highest BCUT2D eigenvalue weighted by atomic mass is 16.2. The van der Waals surface area contributed by atoms with Crippen LogP contribution in [0.2, 0.25) is 0 Å². The third kappa shape index (κ3) is 11.6. The molecule has 173 valence electrons. The van der Waals surface area contributed by atoms with Crippen LogP contribution in [0, 0.1) is 17.8 Å². The molecule has 0 aliphatic rings. The Morgan fingerprint density at radius 1 is 1.00 bits per heavy atom. The highest BCUT2D eigenvalue weighted by molar-refractivity contribution is 5.92. The summed E-state index contributed by atoms with van der Waals surface area (Å²) in [4.78, 5) is 36.4. The van der Waals surface area contributed by atoms with E-state index in [4.69, 9.17) is 5.73 Å². The minimum Gasteiger partial charge on any atom is -0.369 e. The van der Waals surface area contributed by atoms with Crippen molar-refractivity contribution in [3.63, 3.8) is 0 Å². The lowest BCUT2D eigenvalue weighted by atomic mass is 9.88. The molecule has 6 heteroatoms. The Kier molecular flexibility index (Phi) is 9.72. The fraction of sp³-hybridized carbons (Fsp3) is 0.600. The second kappa shape index (κ2) is 11.3. The lowest BCUT2D eigenvalue weighted by molar-refractivity contribution is -0.128. The topological polar surface area (TPSA) is 101 Å². The van der Waals surface area contributed by atoms with E-state index in [-0.39, 0.29) is 23.7 Å². The van der Waals surface area contributed by atoms with E-state index in [9.17, 15) is 14.4 Å². The predicted octanol–water partition coefficient (Wildman–Crippen LogP) is 3.32. The number of hydrogen-bond donors (Lipinski definition) is 3. The molecule has 31 heavy (non-hydrogen) atoms. The summed E-state index contributed by atoms with van der Waals surface area (Å²) in [5.74, 6) is -1.52. The third-order valence-corrected chi connectivity index (χ3v) is 4.90. The number of amides is 3. The van der Waals surface area contributed by atoms with Crippen LogP contribution in [0.1, 0.15) is 72.4 Å². The molecule has 4 N–H and O–H groups in total. The smallest absolute Gasteiger partial charge is 0.243 e. The Balaban J connectivity index is 2.83. The van der Waals surface area contributed by atoms with E-state index in [0.29, 0.717) is 6.42 Å². The zero-order valence-corrected chi connectivity index (χ0v) is 20.2. The molecule has 1 aromatic rings. The van der Waals surface area contributed by atoms with E-state index in [0.717, 1.165) is 18.4 Å². The summed E-state index contributed by atoms with van der Waals surface area (Å²) in [5, 5.41) is 5.72. The van der Waals surface area contributed by atoms with Crippen LogP contribution < -0.4 is 16.4 Å². The average Bonchev–Trinajstić information content (AvgIpc) is 2.62. The molecule has 0 aliphatic carbocycles. The van der Waals surface area contributed by atoms with Gasteiger partial charge in [-0.3, -0.25) is 14.4 Å². The van der Waals surface area contributed by atoms with E-state index >= 15 is 0 Å². The van der Waals surface area contributed by atoms with Gasteiger partial charge in [-0.25, -0.2) is 0 Å². The molecule has 2 atom stereocenters. The number of primary amides is 1. The Morgan fingerprint density at radius 3 is 2.03 bits per heavy atom. The number of carbonyl (C=O) groups excluding carboxylic acids is 3. The van der Waals surface area contributed by atoms with Gasteiger partial charge in [0, 0.05) is 17.9 Å². The second-order valence-corrected chi connectivity index (χ2v) is 10.6. The zero-order chi connectivity index (χ0) is 23.8. The minimum atomic E-state index is -0.715. The van der Waals surface area contributed by atoms with Crippen molar-refractivity contribution in [2.45, 2.75) is 85.7 Å². The normalized spacial score (nSPS) is 13.9. The Bertz CT molecular complexity index is 743. The maximum atomic E-state index is 12.8. The lowest BCUT2D eigenvalue weighted by Gasteiger charge is -2.26. The van der Waals surface area contributed by atoms with E-state index in [1.54, 1.807) is 6.92 Å². The number of carbonyl (C=O) groups is 3. The highest BCUT2D eigenvalue weighted by Crippen LogP contribution is 2.21. The highest BCUT2D eigenvalue weighted by Gasteiger charge is 2.25. The summed E-state index contributed by atoms with van der Waals surface area (Å²) < 4.78 is 0. The molecular weight excluding hydrogens is 390 g/mol. The van der Waals surface area contributed by atoms with Gasteiger partial charge in [0.05, 0.1) is 6.42 Å². The van der Waals surface area contributed by atoms with E-state index in [1.165, 1.54) is 12.0 Å². The number of hydrogen-bond acceptors (Lipinski definition) is 3. The molecule has 0 heterocycles. The molecule has 0 bridgehead atoms. The summed E-state index contributed by atoms with van der Waals surface area (Å²) in [7, 11) is 0. The van der Waals surface area contributed by atoms with Gasteiger partial charge in [-0.15, -0.1) is 0 Å². The number of nitrogens with one attached hydrogen (secondary N) is 2. The zero-order valence-electron chi connectivity index (χ0n) is 20.2. The standard InChI is InChI=1S/C25H40N3O3/c1-17(22(26)30)8-13-21(29)27-20(23(31)28-25(5,6)7)16-19-11-9-18(10-12-19)14-15-24(2,3)4/h9-13,17,20H,8,14-16H2,1-7H3,(H2,26,30)(H,27,29)(H,28,31). The Hall–Kier alpha value is -2.37. The molecule has 0 aromatic heterocycles. The molecule has 6 nitrogen and oxygen atoms in total. The van der Waals surface area contributed by atoms with Crippen molar-refractivity contribution in [2.24, 2.45) is 17.1 Å². The van der Waals surface area contributed by atoms with Gasteiger partial charge in [0.2, 0.25) is 17.7 Å². The van der Waals surface area contributed by atoms with Crippen molar-refractivity contribution in [3.05, 3.63) is 41.8 Å². The maximum absolute atomic E-state index is 12.8. The third-order valence-electron chi connectivity index (χ3n) is 4.90. The molecular formula is C25H40N3O3. The fourth-order valence-corrected chi connectivity index (χ4v) is 2.89. The maximum Gasteiger partial charge on any atom is 0.243 e. The minimum absolute atomic E-state index is 0.233. The van der Waals surface area contributed by atoms with Crippen molar-refractivity contribution < 1.29 is 14.4 Å². The van der Waals surface area contributed by atoms with Crippen LogP contribution in [-0.2, 0) is 27.2 Å². The molecule has 3 amide bonds. The van der Waals surface area contributed by atoms with Crippen LogP contribution in [0.5, 0.6) is 0 Å². The van der Waals surface area contributed by atoms with Gasteiger partial charge in [-0.05, 0) is 56.6 Å². The van der Waals surface area contributed by atoms with E-state index in [2.05, 4.69) is 43.5 Å². The molecule has 0 saturated carbocycles. The molecule has 0 aliphatic heterocycles. The molecule has 2 unspecified atom stereocenters. The van der Waals surface area contributed by atoms with Crippen LogP contribution in [0.3, 0.4) is 0 Å². The van der Waals surface area contributed by atoms with Crippen LogP contribution >= 0.6 is 0 Å². The first-order valence-corrected chi connectivity index (χ1v) is 11.0. The molecule has 0 saturated heterocycles. The average molecular weight is 431 g/mol. The van der Waals surface area contributed by atoms with Crippen molar-refractivity contribution in [2.75, 3.05) is 0 Å². The number of aryl methyl sites for hydroxylation is 1. The van der Waals surface area contributed by atoms with Gasteiger partial charge in [-0.1, -0.05) is 52.0 Å². The summed E-state index contributed by atoms with van der Waals surface area (Å²) in [6.45, 7) is 14.0. The fourth-order valence-electron chi connectivity index (χ4n) is 2.89. The van der Waals surface area contributed by atoms with E-state index < -0.39 is 23.4 Å². The van der Waals surface area contributed by atoms with Gasteiger partial charge in [0.15, 0.2) is 0 Å². The first-order valence-electron chi connectivity index (χ1n) is 11.0. The summed E-state index contributed by atoms with van der Waals surface area (Å²) in [6, 6.07) is 7.48. The van der Waals surface area contributed by atoms with Crippen molar-refractivity contribution in [3.8, 4) is 0 Å². The first kappa shape index (κ1) is 26.7. The molecule has 1 aromatic carbocycles. The first-order chi connectivity index (χ1) is 14.2. The van der Waals surface area contributed by atoms with Crippen molar-refractivity contribution in [1.82, 2.24) is 10.6 Å². The van der Waals surface area contributed by atoms with Crippen LogP contribution in [0.25, 0.3) is 0 Å². The molecule has 0 spiro atoms.